The maximum Gasteiger partial charge on any atom is 0.287 e. The highest BCUT2D eigenvalue weighted by atomic mass is 32.1. The zero-order valence-electron chi connectivity index (χ0n) is 13.4. The molecule has 10 heteroatoms. The first-order valence-corrected chi connectivity index (χ1v) is 8.40. The van der Waals surface area contributed by atoms with E-state index in [0.29, 0.717) is 5.82 Å². The Bertz CT molecular complexity index is 923. The molecule has 2 amide bonds. The van der Waals surface area contributed by atoms with Crippen LogP contribution in [0.2, 0.25) is 0 Å². The largest absolute Gasteiger partial charge is 0.363 e. The monoisotopic (exact) mass is 370 g/mol. The Morgan fingerprint density at radius 1 is 1.23 bits per heavy atom. The fourth-order valence-corrected chi connectivity index (χ4v) is 2.94. The van der Waals surface area contributed by atoms with Crippen molar-refractivity contribution in [2.24, 2.45) is 5.73 Å². The number of rotatable bonds is 7. The van der Waals surface area contributed by atoms with Crippen LogP contribution < -0.4 is 11.1 Å². The van der Waals surface area contributed by atoms with Gasteiger partial charge in [-0.15, -0.1) is 11.3 Å². The molecule has 0 saturated heterocycles. The lowest BCUT2D eigenvalue weighted by Gasteiger charge is -2.16. The van der Waals surface area contributed by atoms with Gasteiger partial charge >= 0.3 is 0 Å². The number of amides is 2. The van der Waals surface area contributed by atoms with Gasteiger partial charge in [-0.05, 0) is 12.1 Å². The fourth-order valence-electron chi connectivity index (χ4n) is 2.30. The van der Waals surface area contributed by atoms with Gasteiger partial charge in [-0.1, -0.05) is 6.07 Å². The molecule has 132 valence electrons. The number of carbonyl (C=O) groups is 3. The summed E-state index contributed by atoms with van der Waals surface area (Å²) in [5.74, 6) is -2.07. The number of thiazole rings is 1. The zero-order valence-corrected chi connectivity index (χ0v) is 14.2. The summed E-state index contributed by atoms with van der Waals surface area (Å²) in [5, 5.41) is 2.55. The van der Waals surface area contributed by atoms with Crippen LogP contribution in [0.15, 0.2) is 48.6 Å². The van der Waals surface area contributed by atoms with E-state index in [9.17, 15) is 14.4 Å². The molecule has 26 heavy (non-hydrogen) atoms. The lowest BCUT2D eigenvalue weighted by molar-refractivity contribution is -0.137. The first kappa shape index (κ1) is 17.4. The second-order valence-corrected chi connectivity index (χ2v) is 6.23. The molecule has 3 N–H and O–H groups in total. The topological polar surface area (TPSA) is 133 Å². The molecule has 3 heterocycles. The van der Waals surface area contributed by atoms with Crippen LogP contribution in [0.5, 0.6) is 0 Å². The van der Waals surface area contributed by atoms with Crippen molar-refractivity contribution in [3.63, 3.8) is 0 Å². The Kier molecular flexibility index (Phi) is 5.13. The second kappa shape index (κ2) is 7.66. The molecule has 0 aromatic carbocycles. The van der Waals surface area contributed by atoms with Crippen LogP contribution in [0.4, 0.5) is 0 Å². The number of primary amides is 1. The van der Waals surface area contributed by atoms with Gasteiger partial charge in [-0.25, -0.2) is 9.97 Å². The van der Waals surface area contributed by atoms with Crippen LogP contribution in [0.1, 0.15) is 15.4 Å². The number of hydrogen-bond donors (Lipinski definition) is 2. The highest BCUT2D eigenvalue weighted by Gasteiger charge is 2.27. The smallest absolute Gasteiger partial charge is 0.287 e. The van der Waals surface area contributed by atoms with Crippen LogP contribution in [-0.2, 0) is 16.0 Å². The van der Waals surface area contributed by atoms with E-state index in [1.165, 1.54) is 28.4 Å². The summed E-state index contributed by atoms with van der Waals surface area (Å²) in [6.45, 7) is 0. The Morgan fingerprint density at radius 3 is 2.73 bits per heavy atom. The van der Waals surface area contributed by atoms with Crippen LogP contribution >= 0.6 is 11.3 Å². The Labute approximate surface area is 151 Å². The van der Waals surface area contributed by atoms with Crippen molar-refractivity contribution in [2.45, 2.75) is 12.5 Å². The normalized spacial score (nSPS) is 11.7. The molecule has 1 unspecified atom stereocenters. The van der Waals surface area contributed by atoms with Crippen molar-refractivity contribution < 1.29 is 14.4 Å². The average molecular weight is 370 g/mol. The minimum Gasteiger partial charge on any atom is -0.363 e. The molecule has 0 aliphatic carbocycles. The van der Waals surface area contributed by atoms with Crippen LogP contribution in [-0.4, -0.2) is 43.2 Å². The van der Waals surface area contributed by atoms with E-state index in [-0.39, 0.29) is 12.1 Å². The standard InChI is InChI=1S/C16H14N6O3S/c17-15(24)14(23)11(5-10-6-19-9-26-10)21-16(25)12-7-18-8-22(12)13-3-1-2-4-20-13/h1-4,6-9,11H,5H2,(H2,17,24)(H,21,25). The zero-order chi connectivity index (χ0) is 18.5. The van der Waals surface area contributed by atoms with E-state index in [4.69, 9.17) is 5.73 Å². The number of nitrogens with one attached hydrogen (secondary N) is 1. The molecule has 0 aliphatic rings. The number of imidazole rings is 1. The van der Waals surface area contributed by atoms with E-state index in [1.807, 2.05) is 0 Å². The van der Waals surface area contributed by atoms with Gasteiger partial charge in [0.1, 0.15) is 23.9 Å². The molecule has 0 radical (unpaired) electrons. The molecule has 1 atom stereocenters. The third kappa shape index (κ3) is 3.81. The number of aromatic nitrogens is 4. The highest BCUT2D eigenvalue weighted by molar-refractivity contribution is 7.09. The van der Waals surface area contributed by atoms with Gasteiger partial charge in [-0.2, -0.15) is 0 Å². The maximum atomic E-state index is 12.6. The summed E-state index contributed by atoms with van der Waals surface area (Å²) in [6, 6.07) is 4.14. The molecular weight excluding hydrogens is 356 g/mol. The van der Waals surface area contributed by atoms with Gasteiger partial charge in [0.05, 0.1) is 11.7 Å². The van der Waals surface area contributed by atoms with Gasteiger partial charge in [0, 0.05) is 23.7 Å². The minimum absolute atomic E-state index is 0.121. The summed E-state index contributed by atoms with van der Waals surface area (Å²) in [6.07, 6.45) is 6.06. The molecule has 9 nitrogen and oxygen atoms in total. The van der Waals surface area contributed by atoms with E-state index in [2.05, 4.69) is 20.3 Å². The van der Waals surface area contributed by atoms with Crippen molar-refractivity contribution in [3.05, 3.63) is 59.2 Å². The molecule has 3 aromatic rings. The Hall–Kier alpha value is -3.40. The number of hydrogen-bond acceptors (Lipinski definition) is 7. The summed E-state index contributed by atoms with van der Waals surface area (Å²) in [7, 11) is 0. The number of ketones is 1. The first-order valence-electron chi connectivity index (χ1n) is 7.52. The predicted octanol–water partition coefficient (Wildman–Crippen LogP) is 0.119. The second-order valence-electron chi connectivity index (χ2n) is 5.26. The molecule has 0 saturated carbocycles. The van der Waals surface area contributed by atoms with E-state index in [0.717, 1.165) is 4.88 Å². The summed E-state index contributed by atoms with van der Waals surface area (Å²) >= 11 is 1.31. The number of Topliss-reactive ketones (excluding diaryl/α,β-unsaturated/α-hetero) is 1. The summed E-state index contributed by atoms with van der Waals surface area (Å²) in [4.78, 5) is 48.8. The van der Waals surface area contributed by atoms with Crippen molar-refractivity contribution in [1.29, 1.82) is 0 Å². The summed E-state index contributed by atoms with van der Waals surface area (Å²) < 4.78 is 1.48. The van der Waals surface area contributed by atoms with Gasteiger partial charge in [0.15, 0.2) is 0 Å². The Balaban J connectivity index is 1.83. The average Bonchev–Trinajstić information content (AvgIpc) is 3.32. The molecule has 0 spiro atoms. The van der Waals surface area contributed by atoms with Crippen molar-refractivity contribution in [1.82, 2.24) is 24.8 Å². The first-order chi connectivity index (χ1) is 12.6. The third-order valence-electron chi connectivity index (χ3n) is 3.52. The SMILES string of the molecule is NC(=O)C(=O)C(Cc1cncs1)NC(=O)c1cncn1-c1ccccn1. The molecule has 0 bridgehead atoms. The third-order valence-corrected chi connectivity index (χ3v) is 4.32. The predicted molar refractivity (Wildman–Crippen MR) is 92.6 cm³/mol. The lowest BCUT2D eigenvalue weighted by atomic mass is 10.1. The van der Waals surface area contributed by atoms with Gasteiger partial charge in [0.2, 0.25) is 5.78 Å². The molecule has 0 fully saturated rings. The number of pyridine rings is 1. The van der Waals surface area contributed by atoms with E-state index >= 15 is 0 Å². The molecule has 0 aliphatic heterocycles. The van der Waals surface area contributed by atoms with Gasteiger partial charge < -0.3 is 11.1 Å². The van der Waals surface area contributed by atoms with Crippen molar-refractivity contribution >= 4 is 28.9 Å². The van der Waals surface area contributed by atoms with Crippen LogP contribution in [0.25, 0.3) is 5.82 Å². The fraction of sp³-hybridized carbons (Fsp3) is 0.125. The number of nitrogens with zero attached hydrogens (tertiary/aromatic N) is 4. The van der Waals surface area contributed by atoms with E-state index < -0.39 is 23.6 Å². The van der Waals surface area contributed by atoms with Crippen LogP contribution in [0, 0.1) is 0 Å². The summed E-state index contributed by atoms with van der Waals surface area (Å²) in [5.41, 5.74) is 6.87. The van der Waals surface area contributed by atoms with Gasteiger partial charge in [0.25, 0.3) is 11.8 Å². The lowest BCUT2D eigenvalue weighted by Crippen LogP contribution is -2.47. The van der Waals surface area contributed by atoms with Crippen molar-refractivity contribution in [3.8, 4) is 5.82 Å². The van der Waals surface area contributed by atoms with Crippen molar-refractivity contribution in [2.75, 3.05) is 0 Å². The molecular formula is C16H14N6O3S. The Morgan fingerprint density at radius 2 is 2.08 bits per heavy atom. The van der Waals surface area contributed by atoms with Crippen LogP contribution in [0.3, 0.4) is 0 Å². The molecule has 3 aromatic heterocycles. The highest BCUT2D eigenvalue weighted by Crippen LogP contribution is 2.12. The van der Waals surface area contributed by atoms with E-state index in [1.54, 1.807) is 36.1 Å². The number of carbonyl (C=O) groups excluding carboxylic acids is 3. The maximum absolute atomic E-state index is 12.6. The molecule has 3 rings (SSSR count). The minimum atomic E-state index is -1.11. The number of nitrogens with two attached hydrogens (primary N) is 1. The quantitative estimate of drug-likeness (QED) is 0.568. The van der Waals surface area contributed by atoms with Gasteiger partial charge in [-0.3, -0.25) is 23.9 Å².